The van der Waals surface area contributed by atoms with Crippen molar-refractivity contribution >= 4 is 5.97 Å². The zero-order chi connectivity index (χ0) is 17.2. The summed E-state index contributed by atoms with van der Waals surface area (Å²) in [5.41, 5.74) is 2.44. The van der Waals surface area contributed by atoms with Gasteiger partial charge in [-0.2, -0.15) is 0 Å². The maximum atomic E-state index is 11.7. The summed E-state index contributed by atoms with van der Waals surface area (Å²) >= 11 is 0. The van der Waals surface area contributed by atoms with Gasteiger partial charge in [0.05, 0.1) is 19.2 Å². The molecule has 0 amide bonds. The molecule has 0 bridgehead atoms. The molecule has 1 aliphatic heterocycles. The summed E-state index contributed by atoms with van der Waals surface area (Å²) in [7, 11) is 0. The number of aryl methyl sites for hydroxylation is 1. The first-order valence-electron chi connectivity index (χ1n) is 9.23. The van der Waals surface area contributed by atoms with Crippen LogP contribution in [0.2, 0.25) is 0 Å². The Balaban J connectivity index is 1.89. The fourth-order valence-electron chi connectivity index (χ4n) is 3.05. The van der Waals surface area contributed by atoms with E-state index in [1.54, 1.807) is 0 Å². The van der Waals surface area contributed by atoms with E-state index < -0.39 is 0 Å². The highest BCUT2D eigenvalue weighted by Crippen LogP contribution is 2.16. The average molecular weight is 327 g/mol. The van der Waals surface area contributed by atoms with Crippen molar-refractivity contribution in [3.63, 3.8) is 0 Å². The van der Waals surface area contributed by atoms with Gasteiger partial charge in [0.1, 0.15) is 0 Å². The Hall–Kier alpha value is -1.79. The van der Waals surface area contributed by atoms with E-state index in [1.807, 2.05) is 6.92 Å². The van der Waals surface area contributed by atoms with Crippen molar-refractivity contribution in [1.82, 2.24) is 4.90 Å². The summed E-state index contributed by atoms with van der Waals surface area (Å²) in [5.74, 6) is 6.46. The van der Waals surface area contributed by atoms with Crippen LogP contribution in [0.15, 0.2) is 24.3 Å². The average Bonchev–Trinajstić information content (AvgIpc) is 3.01. The first kappa shape index (κ1) is 18.5. The van der Waals surface area contributed by atoms with Gasteiger partial charge in [-0.1, -0.05) is 43.7 Å². The molecule has 0 spiro atoms. The van der Waals surface area contributed by atoms with Crippen LogP contribution in [0.25, 0.3) is 0 Å². The van der Waals surface area contributed by atoms with Gasteiger partial charge in [0.15, 0.2) is 0 Å². The van der Waals surface area contributed by atoms with Gasteiger partial charge in [-0.05, 0) is 50.3 Å². The molecule has 0 N–H and O–H groups in total. The predicted octanol–water partition coefficient (Wildman–Crippen LogP) is 3.80. The van der Waals surface area contributed by atoms with Gasteiger partial charge in [0.2, 0.25) is 0 Å². The molecule has 1 unspecified atom stereocenters. The normalized spacial score (nSPS) is 17.3. The molecule has 1 atom stereocenters. The third kappa shape index (κ3) is 6.02. The highest BCUT2D eigenvalue weighted by Gasteiger charge is 2.25. The zero-order valence-corrected chi connectivity index (χ0v) is 15.0. The molecule has 1 saturated heterocycles. The molecule has 1 fully saturated rings. The second-order valence-electron chi connectivity index (χ2n) is 6.36. The Labute approximate surface area is 146 Å². The van der Waals surface area contributed by atoms with Crippen molar-refractivity contribution in [2.24, 2.45) is 0 Å². The van der Waals surface area contributed by atoms with Gasteiger partial charge < -0.3 is 4.74 Å². The maximum Gasteiger partial charge on any atom is 0.320 e. The molecule has 0 saturated carbocycles. The maximum absolute atomic E-state index is 11.7. The molecule has 3 heteroatoms. The lowest BCUT2D eigenvalue weighted by molar-refractivity contribution is -0.144. The third-order valence-corrected chi connectivity index (χ3v) is 4.41. The quantitative estimate of drug-likeness (QED) is 0.433. The van der Waals surface area contributed by atoms with E-state index in [9.17, 15) is 4.79 Å². The molecular formula is C21H29NO2. The number of benzene rings is 1. The summed E-state index contributed by atoms with van der Waals surface area (Å²) < 4.78 is 5.04. The number of nitrogens with zero attached hydrogens (tertiary/aromatic N) is 1. The van der Waals surface area contributed by atoms with E-state index in [2.05, 4.69) is 47.9 Å². The van der Waals surface area contributed by atoms with Crippen molar-refractivity contribution in [3.05, 3.63) is 35.4 Å². The van der Waals surface area contributed by atoms with E-state index in [-0.39, 0.29) is 12.0 Å². The zero-order valence-electron chi connectivity index (χ0n) is 15.0. The lowest BCUT2D eigenvalue weighted by Gasteiger charge is -2.18. The van der Waals surface area contributed by atoms with Crippen molar-refractivity contribution in [2.45, 2.75) is 58.4 Å². The largest absolute Gasteiger partial charge is 0.465 e. The molecule has 1 aliphatic rings. The lowest BCUT2D eigenvalue weighted by Crippen LogP contribution is -2.34. The number of esters is 1. The number of unbranched alkanes of at least 4 members (excludes halogenated alkanes) is 2. The number of carbonyl (C=O) groups excluding carboxylic acids is 1. The monoisotopic (exact) mass is 327 g/mol. The van der Waals surface area contributed by atoms with E-state index in [1.165, 1.54) is 24.8 Å². The Bertz CT molecular complexity index is 568. The SMILES string of the molecule is CCCCCc1ccc(C#CC2CCCN2CC(=O)OCC)cc1. The van der Waals surface area contributed by atoms with Crippen molar-refractivity contribution in [3.8, 4) is 11.8 Å². The molecule has 0 aromatic heterocycles. The minimum atomic E-state index is -0.150. The van der Waals surface area contributed by atoms with E-state index >= 15 is 0 Å². The van der Waals surface area contributed by atoms with Crippen LogP contribution in [0.1, 0.15) is 57.1 Å². The van der Waals surface area contributed by atoms with Gasteiger partial charge in [-0.25, -0.2) is 0 Å². The van der Waals surface area contributed by atoms with Crippen LogP contribution in [0, 0.1) is 11.8 Å². The van der Waals surface area contributed by atoms with Crippen LogP contribution in [-0.4, -0.2) is 36.6 Å². The molecule has 2 rings (SSSR count). The molecule has 3 nitrogen and oxygen atoms in total. The van der Waals surface area contributed by atoms with Gasteiger partial charge in [0, 0.05) is 12.1 Å². The fourth-order valence-corrected chi connectivity index (χ4v) is 3.05. The fraction of sp³-hybridized carbons (Fsp3) is 0.571. The molecule has 130 valence electrons. The summed E-state index contributed by atoms with van der Waals surface area (Å²) in [4.78, 5) is 13.8. The number of hydrogen-bond donors (Lipinski definition) is 0. The second kappa shape index (κ2) is 10.2. The number of rotatable bonds is 7. The highest BCUT2D eigenvalue weighted by atomic mass is 16.5. The Kier molecular flexibility index (Phi) is 7.85. The van der Waals surface area contributed by atoms with Gasteiger partial charge in [0.25, 0.3) is 0 Å². The van der Waals surface area contributed by atoms with Crippen LogP contribution < -0.4 is 0 Å². The number of hydrogen-bond acceptors (Lipinski definition) is 3. The first-order valence-corrected chi connectivity index (χ1v) is 9.23. The van der Waals surface area contributed by atoms with Crippen molar-refractivity contribution in [2.75, 3.05) is 19.7 Å². The molecule has 0 aliphatic carbocycles. The minimum absolute atomic E-state index is 0.150. The third-order valence-electron chi connectivity index (χ3n) is 4.41. The van der Waals surface area contributed by atoms with Crippen LogP contribution in [0.5, 0.6) is 0 Å². The standard InChI is InChI=1S/C21H29NO2/c1-3-5-6-8-18-10-12-19(13-11-18)14-15-20-9-7-16-22(20)17-21(23)24-4-2/h10-13,20H,3-9,16-17H2,1-2H3. The topological polar surface area (TPSA) is 29.5 Å². The van der Waals surface area contributed by atoms with Gasteiger partial charge in [-0.3, -0.25) is 9.69 Å². The van der Waals surface area contributed by atoms with E-state index in [0.29, 0.717) is 13.2 Å². The molecule has 1 aromatic rings. The van der Waals surface area contributed by atoms with E-state index in [4.69, 9.17) is 4.74 Å². The first-order chi connectivity index (χ1) is 11.7. The van der Waals surface area contributed by atoms with Crippen LogP contribution in [0.3, 0.4) is 0 Å². The molecule has 1 heterocycles. The summed E-state index contributed by atoms with van der Waals surface area (Å²) in [6, 6.07) is 8.76. The molecule has 1 aromatic carbocycles. The summed E-state index contributed by atoms with van der Waals surface area (Å²) in [6.45, 7) is 5.78. The minimum Gasteiger partial charge on any atom is -0.465 e. The number of likely N-dealkylation sites (tertiary alicyclic amines) is 1. The van der Waals surface area contributed by atoms with Crippen LogP contribution >= 0.6 is 0 Å². The Morgan fingerprint density at radius 2 is 2.04 bits per heavy atom. The Morgan fingerprint density at radius 1 is 1.25 bits per heavy atom. The van der Waals surface area contributed by atoms with Gasteiger partial charge >= 0.3 is 5.97 Å². The number of carbonyl (C=O) groups is 1. The molecule has 24 heavy (non-hydrogen) atoms. The van der Waals surface area contributed by atoms with Crippen molar-refractivity contribution < 1.29 is 9.53 Å². The van der Waals surface area contributed by atoms with Crippen molar-refractivity contribution in [1.29, 1.82) is 0 Å². The summed E-state index contributed by atoms with van der Waals surface area (Å²) in [6.07, 6.45) is 7.08. The summed E-state index contributed by atoms with van der Waals surface area (Å²) in [5, 5.41) is 0. The highest BCUT2D eigenvalue weighted by molar-refractivity contribution is 5.71. The number of ether oxygens (including phenoxy) is 1. The van der Waals surface area contributed by atoms with Crippen LogP contribution in [0.4, 0.5) is 0 Å². The second-order valence-corrected chi connectivity index (χ2v) is 6.36. The van der Waals surface area contributed by atoms with Gasteiger partial charge in [-0.15, -0.1) is 0 Å². The molecule has 0 radical (unpaired) electrons. The predicted molar refractivity (Wildman–Crippen MR) is 97.8 cm³/mol. The van der Waals surface area contributed by atoms with E-state index in [0.717, 1.165) is 31.4 Å². The Morgan fingerprint density at radius 3 is 2.75 bits per heavy atom. The van der Waals surface area contributed by atoms with Crippen LogP contribution in [-0.2, 0) is 16.0 Å². The smallest absolute Gasteiger partial charge is 0.320 e. The molecular weight excluding hydrogens is 298 g/mol. The lowest BCUT2D eigenvalue weighted by atomic mass is 10.1.